The van der Waals surface area contributed by atoms with Gasteiger partial charge in [0, 0.05) is 0 Å². The number of hydrogen-bond donors (Lipinski definition) is 9. The molecule has 4 rings (SSSR count). The first kappa shape index (κ1) is 25.8. The topological polar surface area (TPSA) is 244 Å². The number of benzene rings is 2. The van der Waals surface area contributed by atoms with Crippen LogP contribution in [-0.4, -0.2) is 95.0 Å². The highest BCUT2D eigenvalue weighted by Gasteiger charge is 2.46. The number of rotatable bonds is 5. The van der Waals surface area contributed by atoms with Crippen LogP contribution in [0.15, 0.2) is 30.0 Å². The Bertz CT molecular complexity index is 1260. The molecule has 198 valence electrons. The van der Waals surface area contributed by atoms with Crippen molar-refractivity contribution in [2.45, 2.75) is 37.1 Å². The third-order valence-electron chi connectivity index (χ3n) is 5.87. The number of allylic oxidation sites excluding steroid dienone is 1. The van der Waals surface area contributed by atoms with Gasteiger partial charge in [0.05, 0.1) is 23.1 Å². The number of aromatic hydroxyl groups is 5. The molecule has 0 aromatic heterocycles. The van der Waals surface area contributed by atoms with Gasteiger partial charge in [0.2, 0.25) is 6.29 Å². The van der Waals surface area contributed by atoms with Crippen LogP contribution >= 0.6 is 0 Å². The van der Waals surface area contributed by atoms with Crippen molar-refractivity contribution >= 4 is 17.5 Å². The number of esters is 1. The summed E-state index contributed by atoms with van der Waals surface area (Å²) in [6, 6.07) is 3.70. The Balaban J connectivity index is 1.52. The molecule has 14 nitrogen and oxygen atoms in total. The molecule has 2 aromatic carbocycles. The summed E-state index contributed by atoms with van der Waals surface area (Å²) in [6.07, 6.45) is -9.50. The van der Waals surface area contributed by atoms with Crippen molar-refractivity contribution in [1.82, 2.24) is 0 Å². The average molecular weight is 522 g/mol. The first-order valence-corrected chi connectivity index (χ1v) is 10.7. The minimum Gasteiger partial charge on any atom is -0.507 e. The molecular weight excluding hydrogens is 500 g/mol. The summed E-state index contributed by atoms with van der Waals surface area (Å²) in [6.45, 7) is -0.729. The number of hydrogen-bond acceptors (Lipinski definition) is 14. The summed E-state index contributed by atoms with van der Waals surface area (Å²) in [5, 5.41) is 89.8. The van der Waals surface area contributed by atoms with E-state index in [-0.39, 0.29) is 11.1 Å². The minimum atomic E-state index is -1.90. The molecule has 1 heterocycles. The van der Waals surface area contributed by atoms with Crippen LogP contribution < -0.4 is 0 Å². The normalized spacial score (nSPS) is 25.5. The molecule has 37 heavy (non-hydrogen) atoms. The molecule has 1 saturated heterocycles. The highest BCUT2D eigenvalue weighted by Crippen LogP contribution is 2.41. The predicted octanol–water partition coefficient (Wildman–Crippen LogP) is -0.291. The van der Waals surface area contributed by atoms with Crippen molar-refractivity contribution in [3.63, 3.8) is 0 Å². The Kier molecular flexibility index (Phi) is 6.75. The summed E-state index contributed by atoms with van der Waals surface area (Å²) in [7, 11) is 0. The number of ketones is 1. The van der Waals surface area contributed by atoms with Gasteiger partial charge >= 0.3 is 5.97 Å². The molecule has 9 N–H and O–H groups in total. The van der Waals surface area contributed by atoms with E-state index in [4.69, 9.17) is 14.2 Å². The lowest BCUT2D eigenvalue weighted by Gasteiger charge is -2.40. The molecule has 0 unspecified atom stereocenters. The third kappa shape index (κ3) is 4.65. The molecular formula is C23H22O14. The fourth-order valence-corrected chi connectivity index (χ4v) is 3.91. The molecule has 0 amide bonds. The second-order valence-corrected chi connectivity index (χ2v) is 8.32. The second kappa shape index (κ2) is 9.67. The monoisotopic (exact) mass is 522 g/mol. The first-order valence-electron chi connectivity index (χ1n) is 10.7. The van der Waals surface area contributed by atoms with Gasteiger partial charge in [-0.15, -0.1) is 0 Å². The molecule has 0 spiro atoms. The smallest absolute Gasteiger partial charge is 0.338 e. The van der Waals surface area contributed by atoms with Crippen LogP contribution in [-0.2, 0) is 14.2 Å². The van der Waals surface area contributed by atoms with Crippen LogP contribution in [0.4, 0.5) is 0 Å². The number of phenols is 5. The number of fused-ring (bicyclic) bond motifs is 1. The van der Waals surface area contributed by atoms with Crippen molar-refractivity contribution < 1.29 is 69.8 Å². The molecule has 1 fully saturated rings. The largest absolute Gasteiger partial charge is 0.507 e. The maximum Gasteiger partial charge on any atom is 0.338 e. The van der Waals surface area contributed by atoms with Gasteiger partial charge < -0.3 is 60.2 Å². The van der Waals surface area contributed by atoms with Crippen LogP contribution in [0.1, 0.15) is 32.7 Å². The Morgan fingerprint density at radius 3 is 2.08 bits per heavy atom. The van der Waals surface area contributed by atoms with Gasteiger partial charge in [0.1, 0.15) is 48.3 Å². The zero-order valence-corrected chi connectivity index (χ0v) is 18.7. The average Bonchev–Trinajstić information content (AvgIpc) is 2.85. The number of carbonyl (C=O) groups excluding carboxylic acids is 2. The van der Waals surface area contributed by atoms with Crippen LogP contribution in [0.5, 0.6) is 28.7 Å². The van der Waals surface area contributed by atoms with E-state index < -0.39 is 101 Å². The van der Waals surface area contributed by atoms with Crippen LogP contribution in [0.2, 0.25) is 0 Å². The maximum absolute atomic E-state index is 12.5. The van der Waals surface area contributed by atoms with Crippen molar-refractivity contribution in [2.75, 3.05) is 6.61 Å². The summed E-state index contributed by atoms with van der Waals surface area (Å²) >= 11 is 0. The Labute approximate surface area is 207 Å². The van der Waals surface area contributed by atoms with Crippen molar-refractivity contribution in [2.24, 2.45) is 0 Å². The highest BCUT2D eigenvalue weighted by atomic mass is 16.7. The lowest BCUT2D eigenvalue weighted by Crippen LogP contribution is -2.59. The number of aliphatic hydroxyl groups excluding tert-OH is 4. The first-order chi connectivity index (χ1) is 17.4. The number of aliphatic hydroxyl groups is 4. The van der Waals surface area contributed by atoms with Gasteiger partial charge in [-0.05, 0) is 24.3 Å². The second-order valence-electron chi connectivity index (χ2n) is 8.32. The zero-order valence-electron chi connectivity index (χ0n) is 18.7. The predicted molar refractivity (Wildman–Crippen MR) is 118 cm³/mol. The molecule has 1 aliphatic carbocycles. The zero-order chi connectivity index (χ0) is 27.2. The number of ether oxygens (including phenoxy) is 3. The standard InChI is InChI=1S/C23H22O14/c24-8-1-2-9(25)16-15(8)10(26)5-13(18(16)30)36-23-21(33)20(32)19(31)14(37-23)6-35-22(34)7-3-11(27)17(29)12(28)4-7/h1-4,14,19-21,23-25,27-33H,5-6H2/t14-,19-,20+,21-,23-/m0/s1. The van der Waals surface area contributed by atoms with Crippen LogP contribution in [0.25, 0.3) is 5.76 Å². The molecule has 0 radical (unpaired) electrons. The van der Waals surface area contributed by atoms with Gasteiger partial charge in [-0.25, -0.2) is 4.79 Å². The molecule has 0 saturated carbocycles. The molecule has 1 aliphatic heterocycles. The fourth-order valence-electron chi connectivity index (χ4n) is 3.91. The number of Topliss-reactive ketones (excluding diaryl/α,β-unsaturated/α-hetero) is 1. The Morgan fingerprint density at radius 1 is 0.865 bits per heavy atom. The van der Waals surface area contributed by atoms with E-state index in [0.29, 0.717) is 0 Å². The van der Waals surface area contributed by atoms with Gasteiger partial charge in [0.15, 0.2) is 28.8 Å². The van der Waals surface area contributed by atoms with Crippen molar-refractivity contribution in [3.8, 4) is 28.7 Å². The molecule has 0 bridgehead atoms. The summed E-state index contributed by atoms with van der Waals surface area (Å²) in [5.74, 6) is -6.58. The van der Waals surface area contributed by atoms with E-state index in [1.54, 1.807) is 0 Å². The summed E-state index contributed by atoms with van der Waals surface area (Å²) in [4.78, 5) is 24.8. The highest BCUT2D eigenvalue weighted by molar-refractivity contribution is 6.07. The van der Waals surface area contributed by atoms with Crippen LogP contribution in [0, 0.1) is 0 Å². The van der Waals surface area contributed by atoms with E-state index in [2.05, 4.69) is 0 Å². The molecule has 14 heteroatoms. The van der Waals surface area contributed by atoms with Gasteiger partial charge in [-0.2, -0.15) is 0 Å². The molecule has 2 aromatic rings. The minimum absolute atomic E-state index is 0.346. The number of carbonyl (C=O) groups is 2. The lowest BCUT2D eigenvalue weighted by molar-refractivity contribution is -0.291. The van der Waals surface area contributed by atoms with E-state index in [1.165, 1.54) is 0 Å². The molecule has 5 atom stereocenters. The SMILES string of the molecule is O=C(OC[C@@H]1O[C@H](OC2=C(O)c3c(O)ccc(O)c3C(=O)C2)[C@@H](O)[C@H](O)[C@H]1O)c1cc(O)c(O)c(O)c1. The lowest BCUT2D eigenvalue weighted by atomic mass is 9.91. The third-order valence-corrected chi connectivity index (χ3v) is 5.87. The van der Waals surface area contributed by atoms with Gasteiger partial charge in [-0.3, -0.25) is 4.79 Å². The van der Waals surface area contributed by atoms with Gasteiger partial charge in [0.25, 0.3) is 0 Å². The maximum atomic E-state index is 12.5. The van der Waals surface area contributed by atoms with E-state index in [0.717, 1.165) is 24.3 Å². The summed E-state index contributed by atoms with van der Waals surface area (Å²) < 4.78 is 15.8. The van der Waals surface area contributed by atoms with E-state index in [1.807, 2.05) is 0 Å². The Hall–Kier alpha value is -4.24. The van der Waals surface area contributed by atoms with Crippen molar-refractivity contribution in [3.05, 3.63) is 46.7 Å². The molecule has 2 aliphatic rings. The van der Waals surface area contributed by atoms with Crippen LogP contribution in [0.3, 0.4) is 0 Å². The van der Waals surface area contributed by atoms with E-state index >= 15 is 0 Å². The fraction of sp³-hybridized carbons (Fsp3) is 0.304. The van der Waals surface area contributed by atoms with Gasteiger partial charge in [-0.1, -0.05) is 0 Å². The quantitative estimate of drug-likeness (QED) is 0.139. The summed E-state index contributed by atoms with van der Waals surface area (Å²) in [5.41, 5.74) is -1.13. The Morgan fingerprint density at radius 2 is 1.46 bits per heavy atom. The number of phenolic OH excluding ortho intramolecular Hbond substituents is 5. The van der Waals surface area contributed by atoms with Crippen molar-refractivity contribution in [1.29, 1.82) is 0 Å². The van der Waals surface area contributed by atoms with E-state index in [9.17, 15) is 55.5 Å².